The first kappa shape index (κ1) is 30.9. The van der Waals surface area contributed by atoms with Gasteiger partial charge in [0.15, 0.2) is 10.3 Å². The van der Waals surface area contributed by atoms with Crippen LogP contribution in [-0.4, -0.2) is 44.3 Å². The summed E-state index contributed by atoms with van der Waals surface area (Å²) in [5, 5.41) is 1.69. The number of hydrogen-bond donors (Lipinski definition) is 0. The van der Waals surface area contributed by atoms with Crippen LogP contribution in [0.3, 0.4) is 0 Å². The predicted molar refractivity (Wildman–Crippen MR) is 166 cm³/mol. The van der Waals surface area contributed by atoms with Gasteiger partial charge in [0.1, 0.15) is 0 Å². The molecule has 2 aromatic heterocycles. The first-order valence-corrected chi connectivity index (χ1v) is 15.3. The van der Waals surface area contributed by atoms with Gasteiger partial charge in [0.25, 0.3) is 0 Å². The van der Waals surface area contributed by atoms with Gasteiger partial charge >= 0.3 is 11.9 Å². The largest absolute Gasteiger partial charge is 0.463 e. The van der Waals surface area contributed by atoms with E-state index in [0.717, 1.165) is 57.2 Å². The van der Waals surface area contributed by atoms with Crippen LogP contribution in [0, 0.1) is 0 Å². The molecular weight excluding hydrogens is 569 g/mol. The van der Waals surface area contributed by atoms with E-state index in [-0.39, 0.29) is 11.9 Å². The zero-order valence-corrected chi connectivity index (χ0v) is 25.4. The van der Waals surface area contributed by atoms with E-state index in [2.05, 4.69) is 9.97 Å². The average Bonchev–Trinajstić information content (AvgIpc) is 3.53. The van der Waals surface area contributed by atoms with Crippen LogP contribution in [0.4, 0.5) is 0 Å². The Morgan fingerprint density at radius 3 is 1.48 bits per heavy atom. The molecule has 0 atom stereocenters. The lowest BCUT2D eigenvalue weighted by Crippen LogP contribution is -2.04. The third-order valence-corrected chi connectivity index (χ3v) is 8.31. The van der Waals surface area contributed by atoms with Crippen molar-refractivity contribution in [2.75, 3.05) is 13.2 Å². The number of hydrogen-bond acceptors (Lipinski definition) is 8. The van der Waals surface area contributed by atoms with E-state index in [4.69, 9.17) is 9.47 Å². The molecular formula is C32H34N4O4S2. The first-order chi connectivity index (χ1) is 20.5. The van der Waals surface area contributed by atoms with Gasteiger partial charge in [0.2, 0.25) is 0 Å². The third kappa shape index (κ3) is 9.81. The number of unbranched alkanes of at least 4 members (excludes halogenated alkanes) is 3. The Kier molecular flexibility index (Phi) is 12.1. The summed E-state index contributed by atoms with van der Waals surface area (Å²) < 4.78 is 14.5. The molecule has 0 N–H and O–H groups in total. The van der Waals surface area contributed by atoms with Crippen LogP contribution in [0.15, 0.2) is 105 Å². The molecule has 4 aromatic rings. The summed E-state index contributed by atoms with van der Waals surface area (Å²) in [5.74, 6) is -0.762. The molecule has 0 aliphatic carbocycles. The Bertz CT molecular complexity index is 1380. The monoisotopic (exact) mass is 602 g/mol. The number of rotatable bonds is 15. The van der Waals surface area contributed by atoms with Crippen molar-refractivity contribution < 1.29 is 19.1 Å². The highest BCUT2D eigenvalue weighted by Gasteiger charge is 2.08. The molecule has 2 aromatic carbocycles. The van der Waals surface area contributed by atoms with Gasteiger partial charge in [-0.15, -0.1) is 0 Å². The summed E-state index contributed by atoms with van der Waals surface area (Å²) in [5.41, 5.74) is 1.64. The molecule has 0 spiro atoms. The van der Waals surface area contributed by atoms with E-state index in [1.165, 1.54) is 12.2 Å². The number of ether oxygens (including phenoxy) is 2. The van der Waals surface area contributed by atoms with Crippen molar-refractivity contribution in [2.24, 2.45) is 14.1 Å². The van der Waals surface area contributed by atoms with E-state index >= 15 is 0 Å². The van der Waals surface area contributed by atoms with Gasteiger partial charge in [-0.05, 0) is 62.1 Å². The van der Waals surface area contributed by atoms with Gasteiger partial charge in [-0.1, -0.05) is 59.9 Å². The number of benzene rings is 2. The van der Waals surface area contributed by atoms with E-state index in [9.17, 15) is 9.59 Å². The first-order valence-electron chi connectivity index (χ1n) is 13.7. The van der Waals surface area contributed by atoms with E-state index in [0.29, 0.717) is 13.2 Å². The zero-order valence-electron chi connectivity index (χ0n) is 23.7. The lowest BCUT2D eigenvalue weighted by atomic mass is 10.2. The summed E-state index contributed by atoms with van der Waals surface area (Å²) >= 11 is 3.13. The molecule has 4 rings (SSSR count). The van der Waals surface area contributed by atoms with Crippen LogP contribution in [0.5, 0.6) is 0 Å². The van der Waals surface area contributed by atoms with E-state index in [1.54, 1.807) is 48.1 Å². The molecule has 0 radical (unpaired) electrons. The van der Waals surface area contributed by atoms with Crippen molar-refractivity contribution in [2.45, 2.75) is 45.8 Å². The molecule has 0 aliphatic heterocycles. The molecule has 0 aliphatic rings. The van der Waals surface area contributed by atoms with Crippen LogP contribution < -0.4 is 0 Å². The number of imidazole rings is 2. The summed E-state index contributed by atoms with van der Waals surface area (Å²) in [4.78, 5) is 35.3. The van der Waals surface area contributed by atoms with Crippen molar-refractivity contribution in [1.82, 2.24) is 19.1 Å². The second kappa shape index (κ2) is 16.4. The minimum Gasteiger partial charge on any atom is -0.463 e. The van der Waals surface area contributed by atoms with Crippen molar-refractivity contribution in [3.05, 3.63) is 96.6 Å². The van der Waals surface area contributed by atoms with Crippen molar-refractivity contribution in [3.63, 3.8) is 0 Å². The molecule has 0 fully saturated rings. The number of nitrogens with zero attached hydrogens (tertiary/aromatic N) is 4. The molecule has 0 unspecified atom stereocenters. The van der Waals surface area contributed by atoms with Crippen molar-refractivity contribution in [1.29, 1.82) is 0 Å². The van der Waals surface area contributed by atoms with Crippen LogP contribution in [0.25, 0.3) is 12.2 Å². The van der Waals surface area contributed by atoms with Crippen LogP contribution in [0.2, 0.25) is 0 Å². The van der Waals surface area contributed by atoms with Gasteiger partial charge in [-0.25, -0.2) is 19.6 Å². The average molecular weight is 603 g/mol. The summed E-state index contributed by atoms with van der Waals surface area (Å²) in [7, 11) is 3.83. The fraction of sp³-hybridized carbons (Fsp3) is 0.250. The quantitative estimate of drug-likeness (QED) is 0.0831. The van der Waals surface area contributed by atoms with Crippen LogP contribution in [0.1, 0.15) is 37.1 Å². The molecule has 218 valence electrons. The third-order valence-electron chi connectivity index (χ3n) is 6.18. The summed E-state index contributed by atoms with van der Waals surface area (Å²) in [6.07, 6.45) is 13.0. The van der Waals surface area contributed by atoms with Gasteiger partial charge in [-0.3, -0.25) is 0 Å². The lowest BCUT2D eigenvalue weighted by Gasteiger charge is -2.04. The molecule has 42 heavy (non-hydrogen) atoms. The molecule has 0 saturated carbocycles. The maximum absolute atomic E-state index is 12.1. The van der Waals surface area contributed by atoms with Crippen molar-refractivity contribution in [3.8, 4) is 0 Å². The molecule has 10 heteroatoms. The van der Waals surface area contributed by atoms with Crippen LogP contribution in [-0.2, 0) is 33.2 Å². The minimum absolute atomic E-state index is 0.349. The van der Waals surface area contributed by atoms with Gasteiger partial charge in [0.05, 0.1) is 37.0 Å². The number of carbonyl (C=O) groups is 2. The van der Waals surface area contributed by atoms with Gasteiger partial charge < -0.3 is 18.6 Å². The second-order valence-electron chi connectivity index (χ2n) is 9.30. The number of carbonyl (C=O) groups excluding carboxylic acids is 2. The lowest BCUT2D eigenvalue weighted by molar-refractivity contribution is -0.139. The SMILES string of the molecule is Cn1c(/C=C/C(=O)OCCCCCCOC(=O)/C=C/c2cnc(Sc3ccccc3)n2C)cnc1Sc1ccccc1. The Labute approximate surface area is 254 Å². The molecule has 0 saturated heterocycles. The molecule has 8 nitrogen and oxygen atoms in total. The maximum Gasteiger partial charge on any atom is 0.330 e. The van der Waals surface area contributed by atoms with Crippen LogP contribution >= 0.6 is 23.5 Å². The maximum atomic E-state index is 12.1. The number of aromatic nitrogens is 4. The topological polar surface area (TPSA) is 88.2 Å². The Morgan fingerprint density at radius 2 is 1.07 bits per heavy atom. The Morgan fingerprint density at radius 1 is 0.667 bits per heavy atom. The smallest absolute Gasteiger partial charge is 0.330 e. The molecule has 0 bridgehead atoms. The molecule has 0 amide bonds. The zero-order chi connectivity index (χ0) is 29.6. The predicted octanol–water partition coefficient (Wildman–Crippen LogP) is 6.83. The highest BCUT2D eigenvalue weighted by Crippen LogP contribution is 2.27. The number of esters is 2. The summed E-state index contributed by atoms with van der Waals surface area (Å²) in [6.45, 7) is 0.697. The second-order valence-corrected chi connectivity index (χ2v) is 11.4. The molecule has 2 heterocycles. The fourth-order valence-corrected chi connectivity index (χ4v) is 5.51. The highest BCUT2D eigenvalue weighted by atomic mass is 32.2. The van der Waals surface area contributed by atoms with Gasteiger partial charge in [-0.2, -0.15) is 0 Å². The van der Waals surface area contributed by atoms with E-state index < -0.39 is 0 Å². The highest BCUT2D eigenvalue weighted by molar-refractivity contribution is 7.99. The fourth-order valence-electron chi connectivity index (χ4n) is 3.80. The Balaban J connectivity index is 1.06. The Hall–Kier alpha value is -4.02. The van der Waals surface area contributed by atoms with E-state index in [1.807, 2.05) is 83.9 Å². The van der Waals surface area contributed by atoms with Gasteiger partial charge in [0, 0.05) is 36.0 Å². The normalized spacial score (nSPS) is 11.4. The minimum atomic E-state index is -0.381. The summed E-state index contributed by atoms with van der Waals surface area (Å²) in [6, 6.07) is 20.0. The van der Waals surface area contributed by atoms with Crippen molar-refractivity contribution >= 4 is 47.6 Å². The standard InChI is InChI=1S/C32H34N4O4S2/c1-35-25(23-33-31(35)41-27-13-7-5-8-14-27)17-19-29(37)39-21-11-3-4-12-22-40-30(38)20-18-26-24-34-32(36(26)2)42-28-15-9-6-10-16-28/h5-10,13-20,23-24H,3-4,11-12,21-22H2,1-2H3/b19-17+,20-18+.